The van der Waals surface area contributed by atoms with Crippen LogP contribution >= 0.6 is 0 Å². The molecule has 7 heteroatoms. The molecule has 17 heavy (non-hydrogen) atoms. The Morgan fingerprint density at radius 2 is 2.00 bits per heavy atom. The van der Waals surface area contributed by atoms with Crippen LogP contribution < -0.4 is 4.74 Å². The van der Waals surface area contributed by atoms with Crippen molar-refractivity contribution < 1.29 is 32.2 Å². The average molecular weight is 252 g/mol. The molecule has 1 N–H and O–H groups in total. The van der Waals surface area contributed by atoms with Gasteiger partial charge in [0, 0.05) is 0 Å². The van der Waals surface area contributed by atoms with Gasteiger partial charge in [-0.05, 0) is 18.2 Å². The zero-order valence-electron chi connectivity index (χ0n) is 8.42. The summed E-state index contributed by atoms with van der Waals surface area (Å²) in [5, 5.41) is 8.30. The van der Waals surface area contributed by atoms with Gasteiger partial charge in [-0.2, -0.15) is 13.2 Å². The zero-order chi connectivity index (χ0) is 13.1. The van der Waals surface area contributed by atoms with E-state index in [9.17, 15) is 22.4 Å². The van der Waals surface area contributed by atoms with E-state index in [1.165, 1.54) is 0 Å². The van der Waals surface area contributed by atoms with Crippen molar-refractivity contribution in [2.45, 2.75) is 12.6 Å². The molecule has 0 unspecified atom stereocenters. The maximum absolute atomic E-state index is 12.8. The molecule has 0 amide bonds. The van der Waals surface area contributed by atoms with E-state index in [-0.39, 0.29) is 18.8 Å². The van der Waals surface area contributed by atoms with Crippen LogP contribution in [0.3, 0.4) is 0 Å². The van der Waals surface area contributed by atoms with Crippen LogP contribution in [-0.4, -0.2) is 17.7 Å². The molecule has 0 bridgehead atoms. The predicted molar refractivity (Wildman–Crippen MR) is 49.1 cm³/mol. The first-order chi connectivity index (χ1) is 7.80. The number of carbonyl (C=O) groups is 1. The van der Waals surface area contributed by atoms with E-state index in [2.05, 4.69) is 0 Å². The Hall–Kier alpha value is -1.79. The van der Waals surface area contributed by atoms with Crippen molar-refractivity contribution in [3.63, 3.8) is 0 Å². The van der Waals surface area contributed by atoms with Gasteiger partial charge >= 0.3 is 12.1 Å². The molecule has 0 aliphatic rings. The van der Waals surface area contributed by atoms with Crippen LogP contribution in [0.1, 0.15) is 12.0 Å². The average Bonchev–Trinajstić information content (AvgIpc) is 2.18. The summed E-state index contributed by atoms with van der Waals surface area (Å²) in [5.74, 6) is -2.76. The molecule has 0 saturated carbocycles. The molecule has 0 spiro atoms. The molecule has 0 fully saturated rings. The number of hydrogen-bond donors (Lipinski definition) is 1. The summed E-state index contributed by atoms with van der Waals surface area (Å²) in [6.45, 7) is -0.280. The van der Waals surface area contributed by atoms with Crippen LogP contribution in [0.25, 0.3) is 0 Å². The highest BCUT2D eigenvalue weighted by Gasteiger charge is 2.34. The molecule has 0 saturated heterocycles. The van der Waals surface area contributed by atoms with Crippen molar-refractivity contribution in [2.24, 2.45) is 0 Å². The zero-order valence-corrected chi connectivity index (χ0v) is 8.42. The van der Waals surface area contributed by atoms with E-state index in [4.69, 9.17) is 9.84 Å². The Morgan fingerprint density at radius 1 is 1.35 bits per heavy atom. The summed E-state index contributed by atoms with van der Waals surface area (Å²) < 4.78 is 54.5. The fourth-order valence-electron chi connectivity index (χ4n) is 1.07. The summed E-state index contributed by atoms with van der Waals surface area (Å²) in [6, 6.07) is 2.13. The molecule has 1 aromatic rings. The molecule has 0 atom stereocenters. The first-order valence-electron chi connectivity index (χ1n) is 4.52. The van der Waals surface area contributed by atoms with E-state index < -0.39 is 23.5 Å². The first kappa shape index (κ1) is 13.3. The van der Waals surface area contributed by atoms with Crippen molar-refractivity contribution in [2.75, 3.05) is 6.61 Å². The second-order valence-corrected chi connectivity index (χ2v) is 3.13. The molecule has 0 aliphatic heterocycles. The number of benzene rings is 1. The highest BCUT2D eigenvalue weighted by molar-refractivity contribution is 5.66. The van der Waals surface area contributed by atoms with Crippen LogP contribution in [0.5, 0.6) is 5.75 Å². The minimum atomic E-state index is -4.81. The quantitative estimate of drug-likeness (QED) is 0.838. The van der Waals surface area contributed by atoms with Crippen molar-refractivity contribution in [1.82, 2.24) is 0 Å². The van der Waals surface area contributed by atoms with Crippen molar-refractivity contribution in [3.05, 3.63) is 29.6 Å². The van der Waals surface area contributed by atoms with Gasteiger partial charge in [-0.25, -0.2) is 4.39 Å². The number of carboxylic acids is 1. The van der Waals surface area contributed by atoms with Crippen molar-refractivity contribution >= 4 is 5.97 Å². The topological polar surface area (TPSA) is 46.5 Å². The van der Waals surface area contributed by atoms with Crippen LogP contribution in [0, 0.1) is 5.82 Å². The van der Waals surface area contributed by atoms with E-state index in [1.807, 2.05) is 0 Å². The predicted octanol–water partition coefficient (Wildman–Crippen LogP) is 2.70. The highest BCUT2D eigenvalue weighted by Crippen LogP contribution is 2.33. The fraction of sp³-hybridized carbons (Fsp3) is 0.300. The van der Waals surface area contributed by atoms with Crippen LogP contribution in [0.4, 0.5) is 17.6 Å². The van der Waals surface area contributed by atoms with Gasteiger partial charge in [-0.15, -0.1) is 0 Å². The van der Waals surface area contributed by atoms with E-state index >= 15 is 0 Å². The Kier molecular flexibility index (Phi) is 3.93. The number of carboxylic acid groups (broad SMARTS) is 1. The molecule has 0 aromatic heterocycles. The molecule has 1 rings (SSSR count). The molecule has 94 valence electrons. The Labute approximate surface area is 93.6 Å². The van der Waals surface area contributed by atoms with Gasteiger partial charge < -0.3 is 9.84 Å². The minimum absolute atomic E-state index is 0.222. The minimum Gasteiger partial charge on any atom is -0.493 e. The van der Waals surface area contributed by atoms with Gasteiger partial charge in [-0.1, -0.05) is 0 Å². The van der Waals surface area contributed by atoms with Gasteiger partial charge in [0.05, 0.1) is 18.6 Å². The lowest BCUT2D eigenvalue weighted by atomic mass is 10.2. The third-order valence-corrected chi connectivity index (χ3v) is 1.83. The van der Waals surface area contributed by atoms with Gasteiger partial charge in [0.25, 0.3) is 0 Å². The van der Waals surface area contributed by atoms with Gasteiger partial charge in [0.15, 0.2) is 0 Å². The van der Waals surface area contributed by atoms with Gasteiger partial charge in [0.1, 0.15) is 11.6 Å². The number of ether oxygens (including phenoxy) is 1. The standard InChI is InChI=1S/C10H8F4O3/c11-8-2-1-6(17-4-3-9(15)16)5-7(8)10(12,13)14/h1-2,5H,3-4H2,(H,15,16). The SMILES string of the molecule is O=C(O)CCOc1ccc(F)c(C(F)(F)F)c1. The van der Waals surface area contributed by atoms with E-state index in [1.54, 1.807) is 0 Å². The summed E-state index contributed by atoms with van der Waals surface area (Å²) >= 11 is 0. The largest absolute Gasteiger partial charge is 0.493 e. The number of aliphatic carboxylic acids is 1. The Morgan fingerprint density at radius 3 is 2.53 bits per heavy atom. The summed E-state index contributed by atoms with van der Waals surface area (Å²) in [7, 11) is 0. The van der Waals surface area contributed by atoms with E-state index in [0.29, 0.717) is 12.1 Å². The number of alkyl halides is 3. The normalized spacial score (nSPS) is 11.3. The highest BCUT2D eigenvalue weighted by atomic mass is 19.4. The first-order valence-corrected chi connectivity index (χ1v) is 4.52. The lowest BCUT2D eigenvalue weighted by molar-refractivity contribution is -0.140. The Balaban J connectivity index is 2.79. The van der Waals surface area contributed by atoms with Gasteiger partial charge in [-0.3, -0.25) is 4.79 Å². The van der Waals surface area contributed by atoms with Crippen molar-refractivity contribution in [3.8, 4) is 5.75 Å². The lowest BCUT2D eigenvalue weighted by Crippen LogP contribution is -2.09. The number of rotatable bonds is 4. The van der Waals surface area contributed by atoms with Crippen molar-refractivity contribution in [1.29, 1.82) is 0 Å². The second kappa shape index (κ2) is 5.03. The number of halogens is 4. The molecule has 1 aromatic carbocycles. The second-order valence-electron chi connectivity index (χ2n) is 3.13. The van der Waals surface area contributed by atoms with Crippen LogP contribution in [0.2, 0.25) is 0 Å². The molecule has 3 nitrogen and oxygen atoms in total. The van der Waals surface area contributed by atoms with E-state index in [0.717, 1.165) is 6.07 Å². The molecule has 0 aliphatic carbocycles. The molecule has 0 heterocycles. The molecular weight excluding hydrogens is 244 g/mol. The van der Waals surface area contributed by atoms with Crippen LogP contribution in [-0.2, 0) is 11.0 Å². The number of hydrogen-bond acceptors (Lipinski definition) is 2. The molecular formula is C10H8F4O3. The maximum Gasteiger partial charge on any atom is 0.419 e. The maximum atomic E-state index is 12.8. The van der Waals surface area contributed by atoms with Crippen LogP contribution in [0.15, 0.2) is 18.2 Å². The van der Waals surface area contributed by atoms with Gasteiger partial charge in [0.2, 0.25) is 0 Å². The molecule has 0 radical (unpaired) electrons. The summed E-state index contributed by atoms with van der Waals surface area (Å²) in [5.41, 5.74) is -1.44. The summed E-state index contributed by atoms with van der Waals surface area (Å²) in [4.78, 5) is 10.1. The third-order valence-electron chi connectivity index (χ3n) is 1.83. The lowest BCUT2D eigenvalue weighted by Gasteiger charge is -2.10. The Bertz CT molecular complexity index is 415. The smallest absolute Gasteiger partial charge is 0.419 e. The summed E-state index contributed by atoms with van der Waals surface area (Å²) in [6.07, 6.45) is -5.16. The fourth-order valence-corrected chi connectivity index (χ4v) is 1.07. The third kappa shape index (κ3) is 3.93. The monoisotopic (exact) mass is 252 g/mol.